The lowest BCUT2D eigenvalue weighted by Crippen LogP contribution is -2.44. The molecule has 0 rings (SSSR count). The lowest BCUT2D eigenvalue weighted by molar-refractivity contribution is -0.160. The number of aliphatic carboxylic acids is 1. The van der Waals surface area contributed by atoms with E-state index in [0.717, 1.165) is 0 Å². The van der Waals surface area contributed by atoms with Crippen LogP contribution in [0, 0.1) is 5.92 Å². The third-order valence-electron chi connectivity index (χ3n) is 1.82. The van der Waals surface area contributed by atoms with Gasteiger partial charge < -0.3 is 9.84 Å². The highest BCUT2D eigenvalue weighted by molar-refractivity contribution is 6.61. The van der Waals surface area contributed by atoms with Gasteiger partial charge in [0.05, 0.1) is 0 Å². The third-order valence-corrected chi connectivity index (χ3v) is 1.90. The van der Waals surface area contributed by atoms with Crippen molar-refractivity contribution in [2.45, 2.75) is 26.4 Å². The molecule has 0 aromatic carbocycles. The second-order valence-electron chi connectivity index (χ2n) is 2.91. The quantitative estimate of drug-likeness (QED) is 0.697. The van der Waals surface area contributed by atoms with Crippen molar-refractivity contribution in [2.75, 3.05) is 0 Å². The van der Waals surface area contributed by atoms with E-state index in [1.54, 1.807) is 13.8 Å². The fourth-order valence-corrected chi connectivity index (χ4v) is 0.735. The molecule has 0 saturated heterocycles. The third kappa shape index (κ3) is 2.37. The van der Waals surface area contributed by atoms with E-state index in [1.165, 1.54) is 6.92 Å². The van der Waals surface area contributed by atoms with Crippen LogP contribution in [0.1, 0.15) is 20.8 Å². The average Bonchev–Trinajstić information content (AvgIpc) is 1.84. The molecule has 12 heavy (non-hydrogen) atoms. The van der Waals surface area contributed by atoms with E-state index in [2.05, 4.69) is 4.74 Å². The minimum absolute atomic E-state index is 0.335. The van der Waals surface area contributed by atoms with Crippen LogP contribution in [0.25, 0.3) is 0 Å². The molecule has 0 aromatic rings. The molecule has 5 heteroatoms. The van der Waals surface area contributed by atoms with E-state index >= 15 is 0 Å². The minimum atomic E-state index is -1.54. The predicted molar refractivity (Wildman–Crippen MR) is 43.2 cm³/mol. The minimum Gasteiger partial charge on any atom is -0.478 e. The number of carboxylic acids is 1. The molecule has 1 unspecified atom stereocenters. The summed E-state index contributed by atoms with van der Waals surface area (Å²) in [5.41, 5.74) is -2.65. The first kappa shape index (κ1) is 11.2. The van der Waals surface area contributed by atoms with Gasteiger partial charge in [0.15, 0.2) is 0 Å². The molecule has 0 radical (unpaired) electrons. The molecule has 0 aromatic heterocycles. The average molecular weight is 195 g/mol. The van der Waals surface area contributed by atoms with E-state index in [-0.39, 0.29) is 5.92 Å². The van der Waals surface area contributed by atoms with Crippen LogP contribution in [0.2, 0.25) is 0 Å². The topological polar surface area (TPSA) is 63.6 Å². The number of halogens is 1. The Labute approximate surface area is 75.5 Å². The van der Waals surface area contributed by atoms with Crippen molar-refractivity contribution in [3.63, 3.8) is 0 Å². The maximum absolute atomic E-state index is 10.7. The molecule has 0 aliphatic heterocycles. The molecule has 0 saturated carbocycles. The fraction of sp³-hybridized carbons (Fsp3) is 0.714. The van der Waals surface area contributed by atoms with Crippen LogP contribution in [0.5, 0.6) is 0 Å². The standard InChI is InChI=1S/C7H11ClO4/c1-4(2)7(3,5(9)10)12-6(8)11/h4H,1-3H3,(H,9,10). The molecule has 1 N–H and O–H groups in total. The summed E-state index contributed by atoms with van der Waals surface area (Å²) in [4.78, 5) is 21.0. The van der Waals surface area contributed by atoms with Gasteiger partial charge in [0.1, 0.15) is 0 Å². The smallest absolute Gasteiger partial charge is 0.404 e. The van der Waals surface area contributed by atoms with E-state index in [0.29, 0.717) is 0 Å². The van der Waals surface area contributed by atoms with Crippen molar-refractivity contribution >= 4 is 23.0 Å². The summed E-state index contributed by atoms with van der Waals surface area (Å²) in [7, 11) is 0. The molecular formula is C7H11ClO4. The zero-order valence-electron chi connectivity index (χ0n) is 7.13. The van der Waals surface area contributed by atoms with Crippen LogP contribution in [0.3, 0.4) is 0 Å². The van der Waals surface area contributed by atoms with Crippen LogP contribution in [0.4, 0.5) is 4.79 Å². The second-order valence-corrected chi connectivity index (χ2v) is 3.22. The second kappa shape index (κ2) is 3.76. The molecule has 0 amide bonds. The summed E-state index contributed by atoms with van der Waals surface area (Å²) in [6, 6.07) is 0. The molecule has 70 valence electrons. The summed E-state index contributed by atoms with van der Waals surface area (Å²) in [6.45, 7) is 4.57. The van der Waals surface area contributed by atoms with Crippen molar-refractivity contribution in [1.82, 2.24) is 0 Å². The Bertz CT molecular complexity index is 202. The molecule has 0 spiro atoms. The van der Waals surface area contributed by atoms with Gasteiger partial charge in [-0.1, -0.05) is 13.8 Å². The Morgan fingerprint density at radius 3 is 2.00 bits per heavy atom. The number of hydrogen-bond acceptors (Lipinski definition) is 3. The molecule has 0 bridgehead atoms. The maximum atomic E-state index is 10.7. The van der Waals surface area contributed by atoms with E-state index in [1.807, 2.05) is 0 Å². The summed E-state index contributed by atoms with van der Waals surface area (Å²) >= 11 is 4.93. The molecule has 4 nitrogen and oxygen atoms in total. The summed E-state index contributed by atoms with van der Waals surface area (Å²) in [6.07, 6.45) is 0. The van der Waals surface area contributed by atoms with Crippen LogP contribution < -0.4 is 0 Å². The van der Waals surface area contributed by atoms with Gasteiger partial charge in [0, 0.05) is 17.5 Å². The first-order valence-electron chi connectivity index (χ1n) is 3.42. The highest BCUT2D eigenvalue weighted by Crippen LogP contribution is 2.22. The molecule has 1 atom stereocenters. The Balaban J connectivity index is 4.62. The predicted octanol–water partition coefficient (Wildman–Crippen LogP) is 1.86. The maximum Gasteiger partial charge on any atom is 0.404 e. The Morgan fingerprint density at radius 2 is 1.92 bits per heavy atom. The highest BCUT2D eigenvalue weighted by Gasteiger charge is 2.40. The van der Waals surface area contributed by atoms with Crippen LogP contribution in [0.15, 0.2) is 0 Å². The summed E-state index contributed by atoms with van der Waals surface area (Å²) in [5.74, 6) is -1.54. The van der Waals surface area contributed by atoms with Gasteiger partial charge in [-0.25, -0.2) is 9.59 Å². The van der Waals surface area contributed by atoms with Crippen molar-refractivity contribution in [1.29, 1.82) is 0 Å². The van der Waals surface area contributed by atoms with Crippen molar-refractivity contribution in [3.05, 3.63) is 0 Å². The monoisotopic (exact) mass is 194 g/mol. The zero-order chi connectivity index (χ0) is 9.94. The van der Waals surface area contributed by atoms with Crippen LogP contribution in [-0.2, 0) is 9.53 Å². The largest absolute Gasteiger partial charge is 0.478 e. The van der Waals surface area contributed by atoms with Gasteiger partial charge in [0.25, 0.3) is 0 Å². The van der Waals surface area contributed by atoms with Gasteiger partial charge in [0.2, 0.25) is 5.60 Å². The van der Waals surface area contributed by atoms with Gasteiger partial charge in [-0.05, 0) is 6.92 Å². The fourth-order valence-electron chi connectivity index (χ4n) is 0.575. The van der Waals surface area contributed by atoms with Gasteiger partial charge in [-0.15, -0.1) is 0 Å². The molecular weight excluding hydrogens is 184 g/mol. The number of carboxylic acid groups (broad SMARTS) is 1. The zero-order valence-corrected chi connectivity index (χ0v) is 7.88. The Hall–Kier alpha value is -0.770. The first-order valence-corrected chi connectivity index (χ1v) is 3.80. The Kier molecular flexibility index (Phi) is 3.52. The van der Waals surface area contributed by atoms with Crippen molar-refractivity contribution < 1.29 is 19.4 Å². The molecule has 0 aliphatic carbocycles. The van der Waals surface area contributed by atoms with Gasteiger partial charge in [-0.2, -0.15) is 0 Å². The SMILES string of the molecule is CC(C)C(C)(OC(=O)Cl)C(=O)O. The summed E-state index contributed by atoms with van der Waals surface area (Å²) in [5, 5.41) is 8.72. The highest BCUT2D eigenvalue weighted by atomic mass is 35.5. The van der Waals surface area contributed by atoms with E-state index < -0.39 is 17.0 Å². The van der Waals surface area contributed by atoms with E-state index in [9.17, 15) is 9.59 Å². The van der Waals surface area contributed by atoms with Crippen LogP contribution in [-0.4, -0.2) is 22.1 Å². The van der Waals surface area contributed by atoms with Crippen LogP contribution >= 0.6 is 11.6 Å². The lowest BCUT2D eigenvalue weighted by Gasteiger charge is -2.27. The Morgan fingerprint density at radius 1 is 1.50 bits per heavy atom. The molecule has 0 fully saturated rings. The number of carbonyl (C=O) groups is 2. The molecule has 0 aliphatic rings. The number of ether oxygens (including phenoxy) is 1. The number of hydrogen-bond donors (Lipinski definition) is 1. The van der Waals surface area contributed by atoms with E-state index in [4.69, 9.17) is 16.7 Å². The van der Waals surface area contributed by atoms with Gasteiger partial charge >= 0.3 is 11.4 Å². The normalized spacial score (nSPS) is 15.4. The summed E-state index contributed by atoms with van der Waals surface area (Å²) < 4.78 is 4.49. The van der Waals surface area contributed by atoms with Crippen molar-refractivity contribution in [2.24, 2.45) is 5.92 Å². The van der Waals surface area contributed by atoms with Crippen molar-refractivity contribution in [3.8, 4) is 0 Å². The van der Waals surface area contributed by atoms with Gasteiger partial charge in [-0.3, -0.25) is 0 Å². The number of rotatable bonds is 3. The first-order chi connectivity index (χ1) is 5.30. The number of carbonyl (C=O) groups excluding carboxylic acids is 1. The molecule has 0 heterocycles. The lowest BCUT2D eigenvalue weighted by atomic mass is 9.92.